The molecular formula is C22H25N5S. The summed E-state index contributed by atoms with van der Waals surface area (Å²) >= 11 is 1.67. The van der Waals surface area contributed by atoms with E-state index in [0.29, 0.717) is 12.6 Å². The van der Waals surface area contributed by atoms with Crippen molar-refractivity contribution >= 4 is 23.0 Å². The normalized spacial score (nSPS) is 17.0. The van der Waals surface area contributed by atoms with Crippen molar-refractivity contribution in [3.8, 4) is 10.6 Å². The Morgan fingerprint density at radius 1 is 1.14 bits per heavy atom. The summed E-state index contributed by atoms with van der Waals surface area (Å²) in [6, 6.07) is 21.3. The average Bonchev–Trinajstić information content (AvgIpc) is 3.42. The van der Waals surface area contributed by atoms with Gasteiger partial charge in [-0.15, -0.1) is 11.3 Å². The van der Waals surface area contributed by atoms with E-state index in [0.717, 1.165) is 41.7 Å². The predicted molar refractivity (Wildman–Crippen MR) is 118 cm³/mol. The number of hydrogen-bond donors (Lipinski definition) is 2. The van der Waals surface area contributed by atoms with Crippen LogP contribution >= 0.6 is 11.3 Å². The third-order valence-corrected chi connectivity index (χ3v) is 5.82. The fraction of sp³-hybridized carbons (Fsp3) is 0.273. The van der Waals surface area contributed by atoms with Crippen LogP contribution in [0, 0.1) is 0 Å². The number of thiazole rings is 1. The molecule has 0 saturated carbocycles. The molecule has 1 aliphatic heterocycles. The number of guanidine groups is 1. The van der Waals surface area contributed by atoms with Gasteiger partial charge in [0.25, 0.3) is 0 Å². The van der Waals surface area contributed by atoms with Gasteiger partial charge in [-0.2, -0.15) is 0 Å². The van der Waals surface area contributed by atoms with Crippen molar-refractivity contribution < 1.29 is 0 Å². The van der Waals surface area contributed by atoms with Crippen molar-refractivity contribution in [1.82, 2.24) is 15.6 Å². The molecule has 0 aliphatic carbocycles. The lowest BCUT2D eigenvalue weighted by atomic mass is 10.2. The smallest absolute Gasteiger partial charge is 0.191 e. The highest BCUT2D eigenvalue weighted by molar-refractivity contribution is 7.13. The van der Waals surface area contributed by atoms with E-state index in [9.17, 15) is 0 Å². The number of anilines is 1. The van der Waals surface area contributed by atoms with Crippen LogP contribution in [0.1, 0.15) is 12.1 Å². The molecule has 28 heavy (non-hydrogen) atoms. The quantitative estimate of drug-likeness (QED) is 0.514. The van der Waals surface area contributed by atoms with Crippen LogP contribution < -0.4 is 15.5 Å². The fourth-order valence-corrected chi connectivity index (χ4v) is 4.24. The molecular weight excluding hydrogens is 366 g/mol. The van der Waals surface area contributed by atoms with Gasteiger partial charge >= 0.3 is 0 Å². The summed E-state index contributed by atoms with van der Waals surface area (Å²) in [6.45, 7) is 2.71. The number of rotatable bonds is 5. The number of hydrogen-bond acceptors (Lipinski definition) is 4. The van der Waals surface area contributed by atoms with Crippen LogP contribution in [-0.2, 0) is 6.54 Å². The van der Waals surface area contributed by atoms with Gasteiger partial charge in [0.05, 0.1) is 12.2 Å². The topological polar surface area (TPSA) is 52.6 Å². The monoisotopic (exact) mass is 391 g/mol. The lowest BCUT2D eigenvalue weighted by molar-refractivity contribution is 0.647. The number of nitrogens with zero attached hydrogens (tertiary/aromatic N) is 3. The minimum absolute atomic E-state index is 0.390. The molecule has 2 aromatic carbocycles. The first-order valence-electron chi connectivity index (χ1n) is 9.59. The Morgan fingerprint density at radius 2 is 1.89 bits per heavy atom. The van der Waals surface area contributed by atoms with Gasteiger partial charge in [0.1, 0.15) is 5.01 Å². The Labute approximate surface area is 170 Å². The summed E-state index contributed by atoms with van der Waals surface area (Å²) < 4.78 is 0. The third kappa shape index (κ3) is 4.51. The summed E-state index contributed by atoms with van der Waals surface area (Å²) in [6.07, 6.45) is 1.10. The number of aliphatic imine (C=N–C) groups is 1. The molecule has 0 bridgehead atoms. The zero-order chi connectivity index (χ0) is 19.2. The molecule has 2 heterocycles. The van der Waals surface area contributed by atoms with Crippen LogP contribution in [0.25, 0.3) is 10.6 Å². The second-order valence-corrected chi connectivity index (χ2v) is 7.71. The van der Waals surface area contributed by atoms with Gasteiger partial charge in [-0.25, -0.2) is 4.98 Å². The van der Waals surface area contributed by atoms with Crippen LogP contribution in [0.5, 0.6) is 0 Å². The Balaban J connectivity index is 1.29. The second-order valence-electron chi connectivity index (χ2n) is 6.85. The van der Waals surface area contributed by atoms with Gasteiger partial charge in [0, 0.05) is 42.8 Å². The standard InChI is InChI=1S/C22H25N5S/c1-23-22(26-18-12-13-27(15-18)20-10-6-3-7-11-20)24-14-19-16-28-21(25-19)17-8-4-2-5-9-17/h2-11,16,18H,12-15H2,1H3,(H2,23,24,26). The minimum Gasteiger partial charge on any atom is -0.369 e. The van der Waals surface area contributed by atoms with Crippen molar-refractivity contribution in [2.24, 2.45) is 4.99 Å². The summed E-state index contributed by atoms with van der Waals surface area (Å²) in [5, 5.41) is 10.1. The first kappa shape index (κ1) is 18.5. The van der Waals surface area contributed by atoms with Crippen LogP contribution in [-0.4, -0.2) is 37.1 Å². The lowest BCUT2D eigenvalue weighted by Crippen LogP contribution is -2.44. The van der Waals surface area contributed by atoms with E-state index in [4.69, 9.17) is 4.98 Å². The first-order valence-corrected chi connectivity index (χ1v) is 10.5. The van der Waals surface area contributed by atoms with E-state index in [-0.39, 0.29) is 0 Å². The van der Waals surface area contributed by atoms with Crippen molar-refractivity contribution in [2.75, 3.05) is 25.0 Å². The molecule has 5 nitrogen and oxygen atoms in total. The SMILES string of the molecule is CN=C(NCc1csc(-c2ccccc2)n1)NC1CCN(c2ccccc2)C1. The number of aromatic nitrogens is 1. The maximum absolute atomic E-state index is 4.74. The van der Waals surface area contributed by atoms with E-state index in [1.165, 1.54) is 5.69 Å². The summed E-state index contributed by atoms with van der Waals surface area (Å²) in [4.78, 5) is 11.5. The van der Waals surface area contributed by atoms with Crippen molar-refractivity contribution in [1.29, 1.82) is 0 Å². The highest BCUT2D eigenvalue weighted by Crippen LogP contribution is 2.23. The summed E-state index contributed by atoms with van der Waals surface area (Å²) in [5.41, 5.74) is 3.48. The molecule has 2 N–H and O–H groups in total. The van der Waals surface area contributed by atoms with Gasteiger partial charge in [-0.05, 0) is 18.6 Å². The Hall–Kier alpha value is -2.86. The molecule has 1 aromatic heterocycles. The zero-order valence-electron chi connectivity index (χ0n) is 16.0. The number of para-hydroxylation sites is 1. The maximum Gasteiger partial charge on any atom is 0.191 e. The van der Waals surface area contributed by atoms with Gasteiger partial charge in [-0.1, -0.05) is 48.5 Å². The van der Waals surface area contributed by atoms with E-state index in [1.807, 2.05) is 25.2 Å². The van der Waals surface area contributed by atoms with Crippen molar-refractivity contribution in [3.63, 3.8) is 0 Å². The van der Waals surface area contributed by atoms with Crippen LogP contribution in [0.4, 0.5) is 5.69 Å². The maximum atomic E-state index is 4.74. The summed E-state index contributed by atoms with van der Waals surface area (Å²) in [5.74, 6) is 0.828. The first-order chi connectivity index (χ1) is 13.8. The van der Waals surface area contributed by atoms with E-state index in [2.05, 4.69) is 68.4 Å². The molecule has 1 saturated heterocycles. The molecule has 0 radical (unpaired) electrons. The Morgan fingerprint density at radius 3 is 2.64 bits per heavy atom. The molecule has 1 fully saturated rings. The largest absolute Gasteiger partial charge is 0.369 e. The number of nitrogens with one attached hydrogen (secondary N) is 2. The molecule has 0 spiro atoms. The summed E-state index contributed by atoms with van der Waals surface area (Å²) in [7, 11) is 1.82. The van der Waals surface area contributed by atoms with Crippen molar-refractivity contribution in [2.45, 2.75) is 19.0 Å². The Bertz CT molecular complexity index is 907. The molecule has 6 heteroatoms. The van der Waals surface area contributed by atoms with Crippen molar-refractivity contribution in [3.05, 3.63) is 71.7 Å². The Kier molecular flexibility index (Phi) is 5.87. The molecule has 0 amide bonds. The van der Waals surface area contributed by atoms with E-state index < -0.39 is 0 Å². The fourth-order valence-electron chi connectivity index (χ4n) is 3.42. The van der Waals surface area contributed by atoms with Crippen LogP contribution in [0.15, 0.2) is 71.0 Å². The highest BCUT2D eigenvalue weighted by Gasteiger charge is 2.23. The zero-order valence-corrected chi connectivity index (χ0v) is 16.8. The molecule has 4 rings (SSSR count). The van der Waals surface area contributed by atoms with Crippen LogP contribution in [0.2, 0.25) is 0 Å². The lowest BCUT2D eigenvalue weighted by Gasteiger charge is -2.20. The van der Waals surface area contributed by atoms with E-state index in [1.54, 1.807) is 11.3 Å². The highest BCUT2D eigenvalue weighted by atomic mass is 32.1. The average molecular weight is 392 g/mol. The third-order valence-electron chi connectivity index (χ3n) is 4.88. The molecule has 3 aromatic rings. The number of benzene rings is 2. The molecule has 144 valence electrons. The minimum atomic E-state index is 0.390. The predicted octanol–water partition coefficient (Wildman–Crippen LogP) is 3.75. The van der Waals surface area contributed by atoms with Gasteiger partial charge < -0.3 is 15.5 Å². The van der Waals surface area contributed by atoms with Gasteiger partial charge in [0.2, 0.25) is 0 Å². The second kappa shape index (κ2) is 8.89. The molecule has 1 atom stereocenters. The molecule has 1 aliphatic rings. The molecule has 1 unspecified atom stereocenters. The van der Waals surface area contributed by atoms with Gasteiger partial charge in [-0.3, -0.25) is 4.99 Å². The van der Waals surface area contributed by atoms with Crippen LogP contribution in [0.3, 0.4) is 0 Å². The van der Waals surface area contributed by atoms with E-state index >= 15 is 0 Å². The van der Waals surface area contributed by atoms with Gasteiger partial charge in [0.15, 0.2) is 5.96 Å².